The molecule has 1 N–H and O–H groups in total. The maximum Gasteiger partial charge on any atom is 0.254 e. The Kier molecular flexibility index (Phi) is 3.93. The van der Waals surface area contributed by atoms with Gasteiger partial charge in [0.2, 0.25) is 0 Å². The number of nitrogens with zero attached hydrogens (tertiary/aromatic N) is 4. The van der Waals surface area contributed by atoms with E-state index in [1.54, 1.807) is 6.33 Å². The van der Waals surface area contributed by atoms with Gasteiger partial charge in [0.05, 0.1) is 5.60 Å². The molecular formula is C17H25N5O. The van der Waals surface area contributed by atoms with E-state index in [4.69, 9.17) is 4.74 Å². The van der Waals surface area contributed by atoms with E-state index in [1.807, 2.05) is 4.52 Å². The van der Waals surface area contributed by atoms with Crippen LogP contribution in [0.1, 0.15) is 57.6 Å². The molecule has 0 aromatic carbocycles. The summed E-state index contributed by atoms with van der Waals surface area (Å²) in [4.78, 5) is 8.76. The molecule has 2 aliphatic rings. The van der Waals surface area contributed by atoms with Crippen molar-refractivity contribution in [2.45, 2.75) is 69.9 Å². The second-order valence-corrected chi connectivity index (χ2v) is 6.88. The number of hydrogen-bond donors (Lipinski definition) is 1. The number of ether oxygens (including phenoxy) is 1. The summed E-state index contributed by atoms with van der Waals surface area (Å²) in [6.45, 7) is 2.97. The molecule has 4 rings (SSSR count). The summed E-state index contributed by atoms with van der Waals surface area (Å²) >= 11 is 0. The molecule has 1 atom stereocenters. The molecule has 23 heavy (non-hydrogen) atoms. The van der Waals surface area contributed by atoms with Gasteiger partial charge in [-0.3, -0.25) is 0 Å². The van der Waals surface area contributed by atoms with Gasteiger partial charge in [-0.25, -0.2) is 4.98 Å². The van der Waals surface area contributed by atoms with Crippen LogP contribution >= 0.6 is 0 Å². The van der Waals surface area contributed by atoms with Crippen molar-refractivity contribution in [1.82, 2.24) is 19.6 Å². The van der Waals surface area contributed by atoms with Crippen molar-refractivity contribution in [3.05, 3.63) is 18.1 Å². The fourth-order valence-corrected chi connectivity index (χ4v) is 4.05. The second-order valence-electron chi connectivity index (χ2n) is 6.88. The molecule has 1 unspecified atom stereocenters. The number of hydrogen-bond acceptors (Lipinski definition) is 5. The minimum atomic E-state index is 0.107. The van der Waals surface area contributed by atoms with Gasteiger partial charge in [0, 0.05) is 24.4 Å². The molecule has 1 saturated heterocycles. The number of fused-ring (bicyclic) bond motifs is 1. The second kappa shape index (κ2) is 6.07. The van der Waals surface area contributed by atoms with Gasteiger partial charge in [0.1, 0.15) is 12.1 Å². The monoisotopic (exact) mass is 315 g/mol. The molecule has 6 nitrogen and oxygen atoms in total. The van der Waals surface area contributed by atoms with Crippen LogP contribution in [0.25, 0.3) is 5.78 Å². The van der Waals surface area contributed by atoms with Crippen LogP contribution in [-0.4, -0.2) is 37.8 Å². The van der Waals surface area contributed by atoms with Gasteiger partial charge in [0.15, 0.2) is 0 Å². The van der Waals surface area contributed by atoms with Gasteiger partial charge in [-0.15, -0.1) is 0 Å². The Hall–Kier alpha value is -1.69. The molecule has 1 spiro atoms. The normalized spacial score (nSPS) is 24.1. The van der Waals surface area contributed by atoms with E-state index in [1.165, 1.54) is 32.1 Å². The van der Waals surface area contributed by atoms with Crippen LogP contribution in [0.2, 0.25) is 0 Å². The van der Waals surface area contributed by atoms with Crippen molar-refractivity contribution in [2.24, 2.45) is 0 Å². The number of anilines is 1. The smallest absolute Gasteiger partial charge is 0.254 e. The van der Waals surface area contributed by atoms with E-state index in [0.717, 1.165) is 37.4 Å². The average molecular weight is 315 g/mol. The van der Waals surface area contributed by atoms with Crippen LogP contribution in [0.5, 0.6) is 0 Å². The van der Waals surface area contributed by atoms with Gasteiger partial charge in [-0.1, -0.05) is 26.2 Å². The number of aryl methyl sites for hydroxylation is 1. The molecule has 2 aromatic rings. The van der Waals surface area contributed by atoms with Gasteiger partial charge in [-0.05, 0) is 32.1 Å². The molecule has 1 saturated carbocycles. The van der Waals surface area contributed by atoms with Crippen molar-refractivity contribution in [1.29, 1.82) is 0 Å². The highest BCUT2D eigenvalue weighted by atomic mass is 16.5. The Morgan fingerprint density at radius 2 is 2.22 bits per heavy atom. The molecule has 0 bridgehead atoms. The largest absolute Gasteiger partial charge is 0.375 e. The summed E-state index contributed by atoms with van der Waals surface area (Å²) in [6.07, 6.45) is 11.0. The molecule has 0 amide bonds. The molecule has 6 heteroatoms. The van der Waals surface area contributed by atoms with E-state index < -0.39 is 0 Å². The number of rotatable bonds is 3. The quantitative estimate of drug-likeness (QED) is 0.943. The topological polar surface area (TPSA) is 64.3 Å². The highest BCUT2D eigenvalue weighted by Gasteiger charge is 2.38. The Bertz CT molecular complexity index is 671. The molecule has 2 aromatic heterocycles. The van der Waals surface area contributed by atoms with Gasteiger partial charge in [0.25, 0.3) is 5.78 Å². The Balaban J connectivity index is 1.56. The number of aromatic nitrogens is 4. The van der Waals surface area contributed by atoms with Crippen LogP contribution in [-0.2, 0) is 11.2 Å². The lowest BCUT2D eigenvalue weighted by molar-refractivity contribution is -0.103. The van der Waals surface area contributed by atoms with Gasteiger partial charge >= 0.3 is 0 Å². The molecule has 1 aliphatic carbocycles. The third-order valence-electron chi connectivity index (χ3n) is 5.28. The molecule has 3 heterocycles. The average Bonchev–Trinajstić information content (AvgIpc) is 3.04. The SMILES string of the molecule is CCc1cc(NC2CCOC3(CCCCC3)C2)n2ncnc2n1. The first kappa shape index (κ1) is 14.9. The van der Waals surface area contributed by atoms with Crippen molar-refractivity contribution in [3.63, 3.8) is 0 Å². The zero-order valence-corrected chi connectivity index (χ0v) is 13.8. The van der Waals surface area contributed by atoms with Crippen LogP contribution in [0, 0.1) is 0 Å². The van der Waals surface area contributed by atoms with Crippen molar-refractivity contribution in [3.8, 4) is 0 Å². The lowest BCUT2D eigenvalue weighted by Gasteiger charge is -2.43. The third kappa shape index (κ3) is 2.92. The van der Waals surface area contributed by atoms with E-state index in [0.29, 0.717) is 11.8 Å². The third-order valence-corrected chi connectivity index (χ3v) is 5.28. The van der Waals surface area contributed by atoms with Crippen LogP contribution in [0.4, 0.5) is 5.82 Å². The summed E-state index contributed by atoms with van der Waals surface area (Å²) in [5.74, 6) is 1.67. The first-order chi connectivity index (χ1) is 11.3. The Morgan fingerprint density at radius 3 is 3.04 bits per heavy atom. The van der Waals surface area contributed by atoms with Crippen LogP contribution in [0.3, 0.4) is 0 Å². The van der Waals surface area contributed by atoms with Crippen LogP contribution < -0.4 is 5.32 Å². The first-order valence-electron chi connectivity index (χ1n) is 8.88. The molecule has 0 radical (unpaired) electrons. The minimum Gasteiger partial charge on any atom is -0.375 e. The molecular weight excluding hydrogens is 290 g/mol. The van der Waals surface area contributed by atoms with Gasteiger partial charge in [-0.2, -0.15) is 14.6 Å². The predicted molar refractivity (Wildman–Crippen MR) is 88.6 cm³/mol. The molecule has 2 fully saturated rings. The van der Waals surface area contributed by atoms with E-state index in [-0.39, 0.29) is 5.60 Å². The lowest BCUT2D eigenvalue weighted by Crippen LogP contribution is -2.45. The molecule has 124 valence electrons. The predicted octanol–water partition coefficient (Wildman–Crippen LogP) is 2.98. The zero-order valence-electron chi connectivity index (χ0n) is 13.8. The van der Waals surface area contributed by atoms with E-state index in [2.05, 4.69) is 33.4 Å². The van der Waals surface area contributed by atoms with Crippen molar-refractivity contribution in [2.75, 3.05) is 11.9 Å². The standard InChI is InChI=1S/C17H25N5O/c1-2-13-10-15(22-16(21-13)18-12-19-22)20-14-6-9-23-17(11-14)7-4-3-5-8-17/h10,12,14,20H,2-9,11H2,1H3. The Morgan fingerprint density at radius 1 is 1.35 bits per heavy atom. The number of nitrogens with one attached hydrogen (secondary N) is 1. The highest BCUT2D eigenvalue weighted by molar-refractivity contribution is 5.45. The zero-order chi connectivity index (χ0) is 15.7. The fourth-order valence-electron chi connectivity index (χ4n) is 4.05. The lowest BCUT2D eigenvalue weighted by atomic mass is 9.78. The summed E-state index contributed by atoms with van der Waals surface area (Å²) in [7, 11) is 0. The first-order valence-corrected chi connectivity index (χ1v) is 8.88. The maximum absolute atomic E-state index is 6.20. The van der Waals surface area contributed by atoms with Crippen molar-refractivity contribution < 1.29 is 4.74 Å². The fraction of sp³-hybridized carbons (Fsp3) is 0.706. The summed E-state index contributed by atoms with van der Waals surface area (Å²) in [5.41, 5.74) is 1.16. The summed E-state index contributed by atoms with van der Waals surface area (Å²) in [5, 5.41) is 8.01. The maximum atomic E-state index is 6.20. The van der Waals surface area contributed by atoms with Crippen LogP contribution in [0.15, 0.2) is 12.4 Å². The Labute approximate surface area is 136 Å². The molecule has 1 aliphatic heterocycles. The van der Waals surface area contributed by atoms with Gasteiger partial charge < -0.3 is 10.1 Å². The summed E-state index contributed by atoms with van der Waals surface area (Å²) in [6, 6.07) is 2.53. The van der Waals surface area contributed by atoms with E-state index in [9.17, 15) is 0 Å². The van der Waals surface area contributed by atoms with E-state index >= 15 is 0 Å². The summed E-state index contributed by atoms with van der Waals surface area (Å²) < 4.78 is 8.01. The highest BCUT2D eigenvalue weighted by Crippen LogP contribution is 2.39. The minimum absolute atomic E-state index is 0.107. The van der Waals surface area contributed by atoms with Crippen molar-refractivity contribution >= 4 is 11.6 Å².